The summed E-state index contributed by atoms with van der Waals surface area (Å²) in [6, 6.07) is 19.0. The second-order valence-corrected chi connectivity index (χ2v) is 5.80. The van der Waals surface area contributed by atoms with Gasteiger partial charge >= 0.3 is 0 Å². The summed E-state index contributed by atoms with van der Waals surface area (Å²) < 4.78 is 0. The Kier molecular flexibility index (Phi) is 3.39. The molecule has 0 amide bonds. The molecule has 2 aromatic rings. The van der Waals surface area contributed by atoms with E-state index in [0.29, 0.717) is 0 Å². The maximum atomic E-state index is 4.29. The lowest BCUT2D eigenvalue weighted by molar-refractivity contribution is 1.33. The third-order valence-corrected chi connectivity index (χ3v) is 4.54. The molecule has 0 saturated carbocycles. The quantitative estimate of drug-likeness (QED) is 0.594. The average molecular weight is 233 g/mol. The largest absolute Gasteiger partial charge is 0.160 e. The maximum Gasteiger partial charge on any atom is 0.160 e. The van der Waals surface area contributed by atoms with E-state index in [0.717, 1.165) is 4.90 Å². The maximum absolute atomic E-state index is 4.29. The first-order chi connectivity index (χ1) is 7.27. The summed E-state index contributed by atoms with van der Waals surface area (Å²) in [5.41, 5.74) is 0. The molecule has 0 spiro atoms. The van der Waals surface area contributed by atoms with Gasteiger partial charge in [0.05, 0.1) is 10.9 Å². The van der Waals surface area contributed by atoms with Crippen LogP contribution in [-0.2, 0) is 10.9 Å². The lowest BCUT2D eigenvalue weighted by Gasteiger charge is -2.01. The average Bonchev–Trinajstić information content (AvgIpc) is 2.30. The summed E-state index contributed by atoms with van der Waals surface area (Å²) in [6.45, 7) is 0. The van der Waals surface area contributed by atoms with Crippen LogP contribution in [-0.4, -0.2) is 6.26 Å². The van der Waals surface area contributed by atoms with Gasteiger partial charge in [-0.25, -0.2) is 0 Å². The van der Waals surface area contributed by atoms with Crippen LogP contribution in [0, 0.1) is 0 Å². The minimum Gasteiger partial charge on any atom is -0.143 e. The Morgan fingerprint density at radius 2 is 1.33 bits per heavy atom. The van der Waals surface area contributed by atoms with Gasteiger partial charge in [-0.3, -0.25) is 0 Å². The van der Waals surface area contributed by atoms with E-state index in [4.69, 9.17) is 0 Å². The Morgan fingerprint density at radius 3 is 1.93 bits per heavy atom. The molecule has 0 aliphatic carbocycles. The minimum atomic E-state index is 0.161. The van der Waals surface area contributed by atoms with Crippen LogP contribution < -0.4 is 0 Å². The van der Waals surface area contributed by atoms with Gasteiger partial charge < -0.3 is 0 Å². The summed E-state index contributed by atoms with van der Waals surface area (Å²) >= 11 is 4.29. The van der Waals surface area contributed by atoms with Crippen LogP contribution >= 0.6 is 12.6 Å². The number of hydrogen-bond donors (Lipinski definition) is 1. The van der Waals surface area contributed by atoms with E-state index in [9.17, 15) is 0 Å². The molecule has 0 saturated heterocycles. The standard InChI is InChI=1S/C13H12S2/c1-15(12-5-3-2-4-6-12)13-9-7-11(14)8-10-13/h2-10H,1H3/p+1. The number of hydrogen-bond acceptors (Lipinski definition) is 1. The van der Waals surface area contributed by atoms with Crippen LogP contribution in [0.5, 0.6) is 0 Å². The van der Waals surface area contributed by atoms with Crippen LogP contribution in [0.25, 0.3) is 0 Å². The van der Waals surface area contributed by atoms with E-state index in [1.807, 2.05) is 12.1 Å². The number of thiol groups is 1. The minimum absolute atomic E-state index is 0.161. The highest BCUT2D eigenvalue weighted by molar-refractivity contribution is 7.96. The highest BCUT2D eigenvalue weighted by atomic mass is 32.2. The summed E-state index contributed by atoms with van der Waals surface area (Å²) in [5.74, 6) is 0. The van der Waals surface area contributed by atoms with Gasteiger partial charge in [-0.15, -0.1) is 12.6 Å². The fraction of sp³-hybridized carbons (Fsp3) is 0.0769. The van der Waals surface area contributed by atoms with Crippen LogP contribution in [0.15, 0.2) is 69.3 Å². The van der Waals surface area contributed by atoms with Crippen molar-refractivity contribution in [3.8, 4) is 0 Å². The fourth-order valence-corrected chi connectivity index (χ4v) is 2.94. The van der Waals surface area contributed by atoms with Crippen LogP contribution in [0.2, 0.25) is 0 Å². The van der Waals surface area contributed by atoms with Crippen molar-refractivity contribution in [1.29, 1.82) is 0 Å². The van der Waals surface area contributed by atoms with Gasteiger partial charge in [0.15, 0.2) is 9.79 Å². The Balaban J connectivity index is 2.29. The van der Waals surface area contributed by atoms with E-state index in [1.165, 1.54) is 9.79 Å². The predicted octanol–water partition coefficient (Wildman–Crippen LogP) is 3.64. The molecule has 76 valence electrons. The molecule has 0 aromatic heterocycles. The van der Waals surface area contributed by atoms with Crippen LogP contribution in [0.1, 0.15) is 0 Å². The second-order valence-electron chi connectivity index (χ2n) is 3.32. The van der Waals surface area contributed by atoms with Gasteiger partial charge in [-0.05, 0) is 36.4 Å². The SMILES string of the molecule is C[S+](c1ccccc1)c1ccc(S)cc1. The van der Waals surface area contributed by atoms with E-state index >= 15 is 0 Å². The highest BCUT2D eigenvalue weighted by Crippen LogP contribution is 2.21. The molecule has 0 radical (unpaired) electrons. The summed E-state index contributed by atoms with van der Waals surface area (Å²) in [6.07, 6.45) is 2.25. The fourth-order valence-electron chi connectivity index (χ4n) is 1.41. The molecule has 2 aromatic carbocycles. The Bertz CT molecular complexity index is 420. The topological polar surface area (TPSA) is 0 Å². The van der Waals surface area contributed by atoms with Crippen molar-refractivity contribution in [2.24, 2.45) is 0 Å². The molecule has 0 heterocycles. The predicted molar refractivity (Wildman–Crippen MR) is 70.0 cm³/mol. The zero-order chi connectivity index (χ0) is 10.7. The van der Waals surface area contributed by atoms with Crippen LogP contribution in [0.3, 0.4) is 0 Å². The van der Waals surface area contributed by atoms with Gasteiger partial charge in [0, 0.05) is 4.90 Å². The molecule has 2 heteroatoms. The highest BCUT2D eigenvalue weighted by Gasteiger charge is 2.17. The summed E-state index contributed by atoms with van der Waals surface area (Å²) in [5, 5.41) is 0. The second kappa shape index (κ2) is 4.77. The Hall–Kier alpha value is -0.860. The molecule has 0 N–H and O–H groups in total. The first-order valence-corrected chi connectivity index (χ1v) is 6.85. The zero-order valence-corrected chi connectivity index (χ0v) is 10.3. The van der Waals surface area contributed by atoms with Crippen molar-refractivity contribution in [3.63, 3.8) is 0 Å². The first-order valence-electron chi connectivity index (χ1n) is 4.77. The Labute approximate surface area is 99.1 Å². The lowest BCUT2D eigenvalue weighted by atomic mass is 10.4. The normalized spacial score (nSPS) is 12.4. The van der Waals surface area contributed by atoms with E-state index < -0.39 is 0 Å². The molecule has 1 atom stereocenters. The van der Waals surface area contributed by atoms with Crippen molar-refractivity contribution in [2.45, 2.75) is 14.7 Å². The third-order valence-electron chi connectivity index (χ3n) is 2.29. The van der Waals surface area contributed by atoms with Gasteiger partial charge in [0.2, 0.25) is 0 Å². The molecule has 0 fully saturated rings. The molecule has 0 nitrogen and oxygen atoms in total. The number of benzene rings is 2. The van der Waals surface area contributed by atoms with E-state index in [-0.39, 0.29) is 10.9 Å². The molecule has 0 aliphatic heterocycles. The molecular formula is C13H13S2+. The summed E-state index contributed by atoms with van der Waals surface area (Å²) in [4.78, 5) is 3.76. The van der Waals surface area contributed by atoms with Gasteiger partial charge in [0.1, 0.15) is 6.26 Å². The molecule has 1 unspecified atom stereocenters. The van der Waals surface area contributed by atoms with Gasteiger partial charge in [-0.2, -0.15) is 0 Å². The monoisotopic (exact) mass is 233 g/mol. The molecular weight excluding hydrogens is 220 g/mol. The third kappa shape index (κ3) is 2.58. The molecule has 2 rings (SSSR count). The van der Waals surface area contributed by atoms with Crippen LogP contribution in [0.4, 0.5) is 0 Å². The zero-order valence-electron chi connectivity index (χ0n) is 8.55. The van der Waals surface area contributed by atoms with Crippen molar-refractivity contribution < 1.29 is 0 Å². The van der Waals surface area contributed by atoms with E-state index in [2.05, 4.69) is 61.3 Å². The number of rotatable bonds is 2. The molecule has 0 bridgehead atoms. The smallest absolute Gasteiger partial charge is 0.143 e. The molecule has 0 aliphatic rings. The van der Waals surface area contributed by atoms with Crippen molar-refractivity contribution in [2.75, 3.05) is 6.26 Å². The summed E-state index contributed by atoms with van der Waals surface area (Å²) in [7, 11) is 0.161. The van der Waals surface area contributed by atoms with Gasteiger partial charge in [0.25, 0.3) is 0 Å². The van der Waals surface area contributed by atoms with Crippen molar-refractivity contribution in [1.82, 2.24) is 0 Å². The van der Waals surface area contributed by atoms with Gasteiger partial charge in [-0.1, -0.05) is 18.2 Å². The van der Waals surface area contributed by atoms with E-state index in [1.54, 1.807) is 0 Å². The molecule has 15 heavy (non-hydrogen) atoms. The van der Waals surface area contributed by atoms with Crippen molar-refractivity contribution in [3.05, 3.63) is 54.6 Å². The van der Waals surface area contributed by atoms with Crippen molar-refractivity contribution >= 4 is 23.5 Å². The first kappa shape index (κ1) is 10.7. The Morgan fingerprint density at radius 1 is 0.800 bits per heavy atom. The lowest BCUT2D eigenvalue weighted by Crippen LogP contribution is -1.99.